The number of benzene rings is 1. The predicted molar refractivity (Wildman–Crippen MR) is 76.6 cm³/mol. The van der Waals surface area contributed by atoms with Crippen molar-refractivity contribution in [2.45, 2.75) is 24.0 Å². The first-order chi connectivity index (χ1) is 9.34. The highest BCUT2D eigenvalue weighted by Crippen LogP contribution is 2.29. The Hall–Kier alpha value is -0.370. The summed E-state index contributed by atoms with van der Waals surface area (Å²) in [6.07, 6.45) is -0.833. The maximum absolute atomic E-state index is 12.6. The van der Waals surface area contributed by atoms with E-state index in [0.29, 0.717) is 5.02 Å². The Bertz CT molecular complexity index is 593. The van der Waals surface area contributed by atoms with Crippen LogP contribution in [-0.4, -0.2) is 49.7 Å². The lowest BCUT2D eigenvalue weighted by Crippen LogP contribution is -2.50. The number of hydrogen-bond donors (Lipinski definition) is 1. The number of aliphatic hydroxyl groups excluding tert-OH is 1. The molecule has 112 valence electrons. The summed E-state index contributed by atoms with van der Waals surface area (Å²) in [5.74, 6) is 0. The van der Waals surface area contributed by atoms with E-state index in [0.717, 1.165) is 0 Å². The fourth-order valence-electron chi connectivity index (χ4n) is 2.11. The summed E-state index contributed by atoms with van der Waals surface area (Å²) in [5, 5.41) is 9.59. The zero-order valence-electron chi connectivity index (χ0n) is 10.8. The van der Waals surface area contributed by atoms with Crippen LogP contribution in [0.1, 0.15) is 6.92 Å². The molecule has 8 heteroatoms. The first kappa shape index (κ1) is 16.0. The van der Waals surface area contributed by atoms with E-state index in [9.17, 15) is 8.42 Å². The van der Waals surface area contributed by atoms with Gasteiger partial charge in [0.25, 0.3) is 0 Å². The molecule has 2 rings (SSSR count). The number of rotatable bonds is 3. The Balaban J connectivity index is 2.36. The van der Waals surface area contributed by atoms with E-state index < -0.39 is 16.1 Å². The Morgan fingerprint density at radius 1 is 1.40 bits per heavy atom. The lowest BCUT2D eigenvalue weighted by molar-refractivity contribution is -0.0750. The van der Waals surface area contributed by atoms with Crippen molar-refractivity contribution in [2.24, 2.45) is 0 Å². The van der Waals surface area contributed by atoms with Gasteiger partial charge < -0.3 is 9.84 Å². The SMILES string of the molecule is CC1CN(S(=O)(=O)c2cc(Cl)ccc2Cl)CC(CO)O1. The molecule has 1 N–H and O–H groups in total. The molecule has 0 aliphatic carbocycles. The first-order valence-electron chi connectivity index (χ1n) is 6.06. The van der Waals surface area contributed by atoms with E-state index in [1.54, 1.807) is 6.92 Å². The van der Waals surface area contributed by atoms with Crippen molar-refractivity contribution >= 4 is 33.2 Å². The number of sulfonamides is 1. The van der Waals surface area contributed by atoms with E-state index in [2.05, 4.69) is 0 Å². The van der Waals surface area contributed by atoms with Crippen LogP contribution in [0.15, 0.2) is 23.1 Å². The lowest BCUT2D eigenvalue weighted by atomic mass is 10.2. The van der Waals surface area contributed by atoms with Gasteiger partial charge in [0.15, 0.2) is 0 Å². The van der Waals surface area contributed by atoms with Crippen LogP contribution in [0, 0.1) is 0 Å². The topological polar surface area (TPSA) is 66.8 Å². The van der Waals surface area contributed by atoms with Gasteiger partial charge in [0.2, 0.25) is 10.0 Å². The van der Waals surface area contributed by atoms with E-state index in [4.69, 9.17) is 33.0 Å². The molecule has 5 nitrogen and oxygen atoms in total. The van der Waals surface area contributed by atoms with Crippen molar-refractivity contribution in [3.8, 4) is 0 Å². The minimum atomic E-state index is -3.77. The number of hydrogen-bond acceptors (Lipinski definition) is 4. The Kier molecular flexibility index (Phi) is 4.94. The third-order valence-corrected chi connectivity index (χ3v) is 5.56. The normalized spacial score (nSPS) is 24.8. The van der Waals surface area contributed by atoms with Crippen LogP contribution in [-0.2, 0) is 14.8 Å². The van der Waals surface area contributed by atoms with E-state index in [-0.39, 0.29) is 35.7 Å². The first-order valence-corrected chi connectivity index (χ1v) is 8.25. The second-order valence-electron chi connectivity index (χ2n) is 4.65. The van der Waals surface area contributed by atoms with Crippen molar-refractivity contribution in [1.82, 2.24) is 4.31 Å². The molecule has 1 heterocycles. The Morgan fingerprint density at radius 3 is 2.75 bits per heavy atom. The van der Waals surface area contributed by atoms with Crippen LogP contribution < -0.4 is 0 Å². The van der Waals surface area contributed by atoms with Crippen LogP contribution in [0.3, 0.4) is 0 Å². The molecule has 0 radical (unpaired) electrons. The standard InChI is InChI=1S/C12H15Cl2NO4S/c1-8-5-15(6-10(7-16)19-8)20(17,18)12-4-9(13)2-3-11(12)14/h2-4,8,10,16H,5-7H2,1H3. The van der Waals surface area contributed by atoms with Crippen molar-refractivity contribution in [1.29, 1.82) is 0 Å². The van der Waals surface area contributed by atoms with Gasteiger partial charge in [-0.3, -0.25) is 0 Å². The van der Waals surface area contributed by atoms with Crippen molar-refractivity contribution < 1.29 is 18.3 Å². The van der Waals surface area contributed by atoms with Gasteiger partial charge in [0.05, 0.1) is 23.8 Å². The molecule has 1 aliphatic rings. The van der Waals surface area contributed by atoms with E-state index in [1.807, 2.05) is 0 Å². The van der Waals surface area contributed by atoms with Crippen LogP contribution in [0.4, 0.5) is 0 Å². The number of nitrogens with zero attached hydrogens (tertiary/aromatic N) is 1. The predicted octanol–water partition coefficient (Wildman–Crippen LogP) is 1.76. The molecule has 0 aromatic heterocycles. The molecule has 1 aromatic carbocycles. The zero-order chi connectivity index (χ0) is 14.9. The minimum absolute atomic E-state index is 0.0301. The van der Waals surface area contributed by atoms with Crippen molar-refractivity contribution in [3.05, 3.63) is 28.2 Å². The van der Waals surface area contributed by atoms with Crippen molar-refractivity contribution in [3.63, 3.8) is 0 Å². The highest BCUT2D eigenvalue weighted by molar-refractivity contribution is 7.89. The summed E-state index contributed by atoms with van der Waals surface area (Å²) in [7, 11) is -3.77. The Labute approximate surface area is 128 Å². The molecular weight excluding hydrogens is 325 g/mol. The number of halogens is 2. The maximum Gasteiger partial charge on any atom is 0.244 e. The lowest BCUT2D eigenvalue weighted by Gasteiger charge is -2.35. The zero-order valence-corrected chi connectivity index (χ0v) is 13.1. The molecule has 0 bridgehead atoms. The van der Waals surface area contributed by atoms with Gasteiger partial charge in [-0.05, 0) is 25.1 Å². The van der Waals surface area contributed by atoms with Gasteiger partial charge in [0.1, 0.15) is 4.90 Å². The highest BCUT2D eigenvalue weighted by atomic mass is 35.5. The Morgan fingerprint density at radius 2 is 2.10 bits per heavy atom. The fourth-order valence-corrected chi connectivity index (χ4v) is 4.40. The van der Waals surface area contributed by atoms with Gasteiger partial charge in [-0.25, -0.2) is 8.42 Å². The van der Waals surface area contributed by atoms with E-state index in [1.165, 1.54) is 22.5 Å². The summed E-state index contributed by atoms with van der Waals surface area (Å²) >= 11 is 11.8. The van der Waals surface area contributed by atoms with Crippen LogP contribution in [0.5, 0.6) is 0 Å². The summed E-state index contributed by atoms with van der Waals surface area (Å²) in [5.41, 5.74) is 0. The molecule has 20 heavy (non-hydrogen) atoms. The smallest absolute Gasteiger partial charge is 0.244 e. The third-order valence-electron chi connectivity index (χ3n) is 3.01. The molecular formula is C12H15Cl2NO4S. The number of morpholine rings is 1. The fraction of sp³-hybridized carbons (Fsp3) is 0.500. The second-order valence-corrected chi connectivity index (χ2v) is 7.40. The monoisotopic (exact) mass is 339 g/mol. The molecule has 0 spiro atoms. The van der Waals surface area contributed by atoms with Gasteiger partial charge >= 0.3 is 0 Å². The van der Waals surface area contributed by atoms with Gasteiger partial charge in [-0.15, -0.1) is 0 Å². The molecule has 0 saturated carbocycles. The summed E-state index contributed by atoms with van der Waals surface area (Å²) in [6, 6.07) is 4.30. The summed E-state index contributed by atoms with van der Waals surface area (Å²) in [6.45, 7) is 1.82. The number of ether oxygens (including phenoxy) is 1. The minimum Gasteiger partial charge on any atom is -0.394 e. The van der Waals surface area contributed by atoms with Crippen molar-refractivity contribution in [2.75, 3.05) is 19.7 Å². The highest BCUT2D eigenvalue weighted by Gasteiger charge is 2.34. The second kappa shape index (κ2) is 6.17. The third kappa shape index (κ3) is 3.27. The summed E-state index contributed by atoms with van der Waals surface area (Å²) < 4.78 is 31.9. The average Bonchev–Trinajstić information content (AvgIpc) is 2.40. The average molecular weight is 340 g/mol. The van der Waals surface area contributed by atoms with E-state index >= 15 is 0 Å². The molecule has 2 atom stereocenters. The van der Waals surface area contributed by atoms with Gasteiger partial charge in [0, 0.05) is 18.1 Å². The molecule has 1 aromatic rings. The molecule has 2 unspecified atom stereocenters. The van der Waals surface area contributed by atoms with Crippen LogP contribution in [0.25, 0.3) is 0 Å². The van der Waals surface area contributed by atoms with Crippen LogP contribution >= 0.6 is 23.2 Å². The number of aliphatic hydroxyl groups is 1. The summed E-state index contributed by atoms with van der Waals surface area (Å²) in [4.78, 5) is -0.0301. The quantitative estimate of drug-likeness (QED) is 0.911. The molecule has 1 fully saturated rings. The molecule has 1 saturated heterocycles. The molecule has 1 aliphatic heterocycles. The largest absolute Gasteiger partial charge is 0.394 e. The van der Waals surface area contributed by atoms with Crippen LogP contribution in [0.2, 0.25) is 10.0 Å². The van der Waals surface area contributed by atoms with Gasteiger partial charge in [-0.2, -0.15) is 4.31 Å². The molecule has 0 amide bonds. The van der Waals surface area contributed by atoms with Gasteiger partial charge in [-0.1, -0.05) is 23.2 Å². The maximum atomic E-state index is 12.6.